The summed E-state index contributed by atoms with van der Waals surface area (Å²) in [6.45, 7) is 4.78. The van der Waals surface area contributed by atoms with Crippen LogP contribution in [-0.4, -0.2) is 63.9 Å². The zero-order valence-electron chi connectivity index (χ0n) is 10.7. The highest BCUT2D eigenvalue weighted by atomic mass is 16.5. The van der Waals surface area contributed by atoms with Crippen LogP contribution in [0.4, 0.5) is 0 Å². The minimum Gasteiger partial charge on any atom is -0.387 e. The van der Waals surface area contributed by atoms with Crippen LogP contribution in [0.3, 0.4) is 0 Å². The first-order valence-corrected chi connectivity index (χ1v) is 6.34. The molecule has 0 radical (unpaired) electrons. The van der Waals surface area contributed by atoms with E-state index in [0.717, 1.165) is 32.4 Å². The number of rotatable bonds is 9. The van der Waals surface area contributed by atoms with Gasteiger partial charge in [-0.3, -0.25) is 0 Å². The van der Waals surface area contributed by atoms with E-state index in [0.29, 0.717) is 33.0 Å². The summed E-state index contributed by atoms with van der Waals surface area (Å²) in [5.41, 5.74) is -0.623. The van der Waals surface area contributed by atoms with Crippen LogP contribution in [-0.2, 0) is 14.2 Å². The Morgan fingerprint density at radius 1 is 1.06 bits per heavy atom. The molecule has 0 bridgehead atoms. The second-order valence-electron chi connectivity index (χ2n) is 4.49. The maximum Gasteiger partial charge on any atom is 0.0904 e. The van der Waals surface area contributed by atoms with Gasteiger partial charge in [-0.2, -0.15) is 0 Å². The molecular formula is C12H25NO4. The number of aliphatic hydroxyl groups is 1. The normalized spacial score (nSPS) is 19.4. The monoisotopic (exact) mass is 247 g/mol. The molecule has 0 unspecified atom stereocenters. The van der Waals surface area contributed by atoms with Crippen molar-refractivity contribution < 1.29 is 19.3 Å². The molecule has 0 atom stereocenters. The van der Waals surface area contributed by atoms with Crippen LogP contribution in [0.15, 0.2) is 0 Å². The minimum atomic E-state index is -0.623. The Morgan fingerprint density at radius 3 is 2.47 bits per heavy atom. The molecule has 0 amide bonds. The van der Waals surface area contributed by atoms with E-state index in [1.807, 2.05) is 0 Å². The molecule has 1 heterocycles. The van der Waals surface area contributed by atoms with Gasteiger partial charge < -0.3 is 24.6 Å². The van der Waals surface area contributed by atoms with E-state index < -0.39 is 5.60 Å². The van der Waals surface area contributed by atoms with Crippen molar-refractivity contribution in [3.05, 3.63) is 0 Å². The molecule has 0 spiro atoms. The zero-order valence-corrected chi connectivity index (χ0v) is 10.7. The smallest absolute Gasteiger partial charge is 0.0904 e. The summed E-state index contributed by atoms with van der Waals surface area (Å²) >= 11 is 0. The average Bonchev–Trinajstić information content (AvgIpc) is 2.33. The molecule has 1 fully saturated rings. The third-order valence-corrected chi connectivity index (χ3v) is 2.91. The number of methoxy groups -OCH3 is 1. The van der Waals surface area contributed by atoms with Gasteiger partial charge in [0.1, 0.15) is 0 Å². The van der Waals surface area contributed by atoms with E-state index in [4.69, 9.17) is 14.2 Å². The summed E-state index contributed by atoms with van der Waals surface area (Å²) in [5, 5.41) is 13.4. The highest BCUT2D eigenvalue weighted by Crippen LogP contribution is 2.17. The molecule has 2 N–H and O–H groups in total. The van der Waals surface area contributed by atoms with E-state index in [1.54, 1.807) is 7.11 Å². The summed E-state index contributed by atoms with van der Waals surface area (Å²) in [6.07, 6.45) is 2.41. The average molecular weight is 247 g/mol. The lowest BCUT2D eigenvalue weighted by Crippen LogP contribution is -2.45. The van der Waals surface area contributed by atoms with Crippen LogP contribution in [0, 0.1) is 0 Å². The third-order valence-electron chi connectivity index (χ3n) is 2.91. The van der Waals surface area contributed by atoms with Gasteiger partial charge in [0.25, 0.3) is 0 Å². The van der Waals surface area contributed by atoms with Gasteiger partial charge in [-0.25, -0.2) is 0 Å². The summed E-state index contributed by atoms with van der Waals surface area (Å²) < 4.78 is 15.7. The van der Waals surface area contributed by atoms with E-state index in [-0.39, 0.29) is 0 Å². The lowest BCUT2D eigenvalue weighted by atomic mass is 9.94. The second-order valence-corrected chi connectivity index (χ2v) is 4.49. The fourth-order valence-electron chi connectivity index (χ4n) is 1.81. The Morgan fingerprint density at radius 2 is 1.76 bits per heavy atom. The van der Waals surface area contributed by atoms with Crippen LogP contribution in [0.1, 0.15) is 19.3 Å². The van der Waals surface area contributed by atoms with Gasteiger partial charge in [0.05, 0.1) is 25.4 Å². The third kappa shape index (κ3) is 6.95. The molecule has 1 aliphatic rings. The van der Waals surface area contributed by atoms with Crippen molar-refractivity contribution in [2.24, 2.45) is 0 Å². The molecule has 5 heteroatoms. The molecule has 1 rings (SSSR count). The number of piperidine rings is 1. The standard InChI is InChI=1S/C12H25NO4/c1-15-9-10-16-7-2-8-17-11-12(14)3-5-13-6-4-12/h13-14H,2-11H2,1H3. The molecule has 0 aromatic carbocycles. The molecule has 5 nitrogen and oxygen atoms in total. The van der Waals surface area contributed by atoms with E-state index in [2.05, 4.69) is 5.32 Å². The number of hydrogen-bond acceptors (Lipinski definition) is 5. The summed E-state index contributed by atoms with van der Waals surface area (Å²) in [7, 11) is 1.66. The Labute approximate surface area is 103 Å². The summed E-state index contributed by atoms with van der Waals surface area (Å²) in [5.74, 6) is 0. The molecule has 0 saturated carbocycles. The SMILES string of the molecule is COCCOCCCOCC1(O)CCNCC1. The molecule has 102 valence electrons. The van der Waals surface area contributed by atoms with Crippen molar-refractivity contribution >= 4 is 0 Å². The highest BCUT2D eigenvalue weighted by molar-refractivity contribution is 4.83. The number of hydrogen-bond donors (Lipinski definition) is 2. The van der Waals surface area contributed by atoms with Crippen LogP contribution < -0.4 is 5.32 Å². The topological polar surface area (TPSA) is 60.0 Å². The lowest BCUT2D eigenvalue weighted by Gasteiger charge is -2.32. The van der Waals surface area contributed by atoms with Crippen LogP contribution in [0.25, 0.3) is 0 Å². The zero-order chi connectivity index (χ0) is 12.4. The minimum absolute atomic E-state index is 0.437. The van der Waals surface area contributed by atoms with Gasteiger partial charge in [0, 0.05) is 20.3 Å². The Kier molecular flexibility index (Phi) is 7.72. The fourth-order valence-corrected chi connectivity index (χ4v) is 1.81. The molecule has 17 heavy (non-hydrogen) atoms. The van der Waals surface area contributed by atoms with Gasteiger partial charge in [0.15, 0.2) is 0 Å². The number of nitrogens with one attached hydrogen (secondary N) is 1. The van der Waals surface area contributed by atoms with E-state index >= 15 is 0 Å². The lowest BCUT2D eigenvalue weighted by molar-refractivity contribution is -0.0671. The quantitative estimate of drug-likeness (QED) is 0.569. The van der Waals surface area contributed by atoms with Crippen molar-refractivity contribution in [1.82, 2.24) is 5.32 Å². The Hall–Kier alpha value is -0.200. The first-order chi connectivity index (χ1) is 8.27. The Bertz CT molecular complexity index is 183. The maximum absolute atomic E-state index is 10.1. The van der Waals surface area contributed by atoms with Crippen LogP contribution >= 0.6 is 0 Å². The van der Waals surface area contributed by atoms with Crippen molar-refractivity contribution in [2.45, 2.75) is 24.9 Å². The van der Waals surface area contributed by atoms with Gasteiger partial charge in [0.2, 0.25) is 0 Å². The molecule has 0 aromatic rings. The summed E-state index contributed by atoms with van der Waals surface area (Å²) in [4.78, 5) is 0. The predicted molar refractivity (Wildman–Crippen MR) is 65.2 cm³/mol. The fraction of sp³-hybridized carbons (Fsp3) is 1.00. The molecular weight excluding hydrogens is 222 g/mol. The summed E-state index contributed by atoms with van der Waals surface area (Å²) in [6, 6.07) is 0. The van der Waals surface area contributed by atoms with Gasteiger partial charge in [-0.05, 0) is 32.4 Å². The molecule has 1 aliphatic heterocycles. The van der Waals surface area contributed by atoms with Gasteiger partial charge in [-0.1, -0.05) is 0 Å². The first-order valence-electron chi connectivity index (χ1n) is 6.34. The predicted octanol–water partition coefficient (Wildman–Crippen LogP) is 0.171. The van der Waals surface area contributed by atoms with Crippen LogP contribution in [0.2, 0.25) is 0 Å². The molecule has 0 aromatic heterocycles. The molecule has 1 saturated heterocycles. The van der Waals surface area contributed by atoms with E-state index in [9.17, 15) is 5.11 Å². The maximum atomic E-state index is 10.1. The van der Waals surface area contributed by atoms with Crippen molar-refractivity contribution in [3.63, 3.8) is 0 Å². The van der Waals surface area contributed by atoms with Crippen LogP contribution in [0.5, 0.6) is 0 Å². The number of ether oxygens (including phenoxy) is 3. The highest BCUT2D eigenvalue weighted by Gasteiger charge is 2.28. The Balaban J connectivity index is 1.89. The van der Waals surface area contributed by atoms with E-state index in [1.165, 1.54) is 0 Å². The van der Waals surface area contributed by atoms with Crippen molar-refractivity contribution in [2.75, 3.05) is 53.2 Å². The van der Waals surface area contributed by atoms with Gasteiger partial charge in [-0.15, -0.1) is 0 Å². The largest absolute Gasteiger partial charge is 0.387 e. The second kappa shape index (κ2) is 8.83. The van der Waals surface area contributed by atoms with Gasteiger partial charge >= 0.3 is 0 Å². The first kappa shape index (κ1) is 14.9. The van der Waals surface area contributed by atoms with Crippen molar-refractivity contribution in [3.8, 4) is 0 Å². The molecule has 0 aliphatic carbocycles. The van der Waals surface area contributed by atoms with Crippen molar-refractivity contribution in [1.29, 1.82) is 0 Å².